The highest BCUT2D eigenvalue weighted by Crippen LogP contribution is 2.23. The van der Waals surface area contributed by atoms with E-state index in [9.17, 15) is 0 Å². The zero-order chi connectivity index (χ0) is 13.4. The predicted molar refractivity (Wildman–Crippen MR) is 75.3 cm³/mol. The Balaban J connectivity index is 2.14. The van der Waals surface area contributed by atoms with Crippen molar-refractivity contribution < 1.29 is 9.84 Å². The second kappa shape index (κ2) is 7.84. The summed E-state index contributed by atoms with van der Waals surface area (Å²) in [6.45, 7) is 9.44. The third kappa shape index (κ3) is 5.91. The van der Waals surface area contributed by atoms with E-state index in [2.05, 4.69) is 36.5 Å². The van der Waals surface area contributed by atoms with E-state index in [0.29, 0.717) is 13.2 Å². The molecule has 2 N–H and O–H groups in total. The highest BCUT2D eigenvalue weighted by molar-refractivity contribution is 7.09. The largest absolute Gasteiger partial charge is 0.394 e. The Hall–Kier alpha value is -0.490. The van der Waals surface area contributed by atoms with Crippen molar-refractivity contribution >= 4 is 11.3 Å². The van der Waals surface area contributed by atoms with Crippen LogP contribution in [0.2, 0.25) is 0 Å². The van der Waals surface area contributed by atoms with Gasteiger partial charge in [0.1, 0.15) is 0 Å². The minimum absolute atomic E-state index is 0.0920. The number of aliphatic hydroxyl groups excluding tert-OH is 1. The van der Waals surface area contributed by atoms with Gasteiger partial charge in [0.05, 0.1) is 30.5 Å². The van der Waals surface area contributed by atoms with E-state index in [0.717, 1.165) is 19.5 Å². The van der Waals surface area contributed by atoms with Crippen LogP contribution in [-0.4, -0.2) is 43.0 Å². The Morgan fingerprint density at radius 2 is 2.11 bits per heavy atom. The van der Waals surface area contributed by atoms with E-state index in [4.69, 9.17) is 9.84 Å². The van der Waals surface area contributed by atoms with Crippen LogP contribution < -0.4 is 5.32 Å². The minimum atomic E-state index is 0.0920. The number of aromatic nitrogens is 1. The Morgan fingerprint density at radius 1 is 1.33 bits per heavy atom. The van der Waals surface area contributed by atoms with Gasteiger partial charge in [-0.25, -0.2) is 4.98 Å². The van der Waals surface area contributed by atoms with Gasteiger partial charge >= 0.3 is 0 Å². The molecule has 1 aromatic rings. The lowest BCUT2D eigenvalue weighted by Gasteiger charge is -2.14. The summed E-state index contributed by atoms with van der Waals surface area (Å²) < 4.78 is 5.16. The zero-order valence-corrected chi connectivity index (χ0v) is 12.3. The first-order valence-electron chi connectivity index (χ1n) is 6.38. The Kier molecular flexibility index (Phi) is 6.78. The van der Waals surface area contributed by atoms with Gasteiger partial charge in [-0.2, -0.15) is 0 Å². The van der Waals surface area contributed by atoms with E-state index < -0.39 is 0 Å². The normalized spacial score (nSPS) is 12.0. The third-order valence-electron chi connectivity index (χ3n) is 2.49. The quantitative estimate of drug-likeness (QED) is 0.706. The van der Waals surface area contributed by atoms with Gasteiger partial charge in [-0.15, -0.1) is 11.3 Å². The molecule has 0 spiro atoms. The summed E-state index contributed by atoms with van der Waals surface area (Å²) in [5, 5.41) is 15.2. The summed E-state index contributed by atoms with van der Waals surface area (Å²) in [5.74, 6) is 0. The van der Waals surface area contributed by atoms with E-state index in [-0.39, 0.29) is 12.0 Å². The monoisotopic (exact) mass is 272 g/mol. The van der Waals surface area contributed by atoms with Crippen molar-refractivity contribution in [3.8, 4) is 0 Å². The molecule has 0 radical (unpaired) electrons. The fourth-order valence-electron chi connectivity index (χ4n) is 1.40. The standard InChI is InChI=1S/C13H24N2O2S/c1-13(2,3)11-10-18-12(15-11)4-5-14-6-8-17-9-7-16/h10,14,16H,4-9H2,1-3H3. The van der Waals surface area contributed by atoms with Crippen molar-refractivity contribution in [1.82, 2.24) is 10.3 Å². The van der Waals surface area contributed by atoms with Gasteiger partial charge < -0.3 is 15.2 Å². The fraction of sp³-hybridized carbons (Fsp3) is 0.769. The molecule has 0 saturated heterocycles. The van der Waals surface area contributed by atoms with Crippen LogP contribution in [0.4, 0.5) is 0 Å². The lowest BCUT2D eigenvalue weighted by molar-refractivity contribution is 0.0940. The van der Waals surface area contributed by atoms with Crippen LogP contribution in [0.15, 0.2) is 5.38 Å². The fourth-order valence-corrected chi connectivity index (χ4v) is 2.43. The van der Waals surface area contributed by atoms with Gasteiger partial charge in [-0.05, 0) is 0 Å². The molecule has 0 aromatic carbocycles. The number of rotatable bonds is 8. The summed E-state index contributed by atoms with van der Waals surface area (Å²) in [6, 6.07) is 0. The molecule has 0 aliphatic carbocycles. The van der Waals surface area contributed by atoms with Crippen molar-refractivity contribution in [2.24, 2.45) is 0 Å². The predicted octanol–water partition coefficient (Wildman–Crippen LogP) is 1.58. The molecule has 0 aliphatic heterocycles. The number of hydrogen-bond acceptors (Lipinski definition) is 5. The van der Waals surface area contributed by atoms with E-state index in [1.165, 1.54) is 10.7 Å². The lowest BCUT2D eigenvalue weighted by Crippen LogP contribution is -2.22. The number of aliphatic hydroxyl groups is 1. The summed E-state index contributed by atoms with van der Waals surface area (Å²) in [5.41, 5.74) is 1.31. The molecule has 0 amide bonds. The smallest absolute Gasteiger partial charge is 0.0941 e. The molecule has 1 rings (SSSR count). The van der Waals surface area contributed by atoms with Crippen LogP contribution in [0.25, 0.3) is 0 Å². The number of hydrogen-bond donors (Lipinski definition) is 2. The maximum absolute atomic E-state index is 8.53. The number of thiazole rings is 1. The van der Waals surface area contributed by atoms with E-state index in [1.807, 2.05) is 0 Å². The summed E-state index contributed by atoms with van der Waals surface area (Å²) >= 11 is 1.73. The molecule has 0 saturated carbocycles. The first-order valence-corrected chi connectivity index (χ1v) is 7.26. The molecule has 1 heterocycles. The average Bonchev–Trinajstić information content (AvgIpc) is 2.76. The van der Waals surface area contributed by atoms with Crippen LogP contribution in [-0.2, 0) is 16.6 Å². The van der Waals surface area contributed by atoms with Gasteiger partial charge in [0, 0.05) is 30.3 Å². The summed E-state index contributed by atoms with van der Waals surface area (Å²) in [6.07, 6.45) is 0.959. The average molecular weight is 272 g/mol. The van der Waals surface area contributed by atoms with Crippen LogP contribution in [0.1, 0.15) is 31.5 Å². The Bertz CT molecular complexity index is 334. The first kappa shape index (κ1) is 15.6. The molecule has 0 fully saturated rings. The molecule has 0 unspecified atom stereocenters. The van der Waals surface area contributed by atoms with E-state index in [1.54, 1.807) is 11.3 Å². The van der Waals surface area contributed by atoms with Crippen molar-refractivity contribution in [2.75, 3.05) is 32.9 Å². The van der Waals surface area contributed by atoms with Crippen molar-refractivity contribution in [3.05, 3.63) is 16.1 Å². The molecule has 104 valence electrons. The number of ether oxygens (including phenoxy) is 1. The van der Waals surface area contributed by atoms with Crippen LogP contribution in [0.3, 0.4) is 0 Å². The first-order chi connectivity index (χ1) is 8.54. The Labute approximate surface area is 113 Å². The molecule has 4 nitrogen and oxygen atoms in total. The molecule has 1 aromatic heterocycles. The van der Waals surface area contributed by atoms with Gasteiger partial charge in [0.25, 0.3) is 0 Å². The maximum atomic E-state index is 8.53. The van der Waals surface area contributed by atoms with Gasteiger partial charge in [0.2, 0.25) is 0 Å². The van der Waals surface area contributed by atoms with Crippen LogP contribution in [0, 0.1) is 0 Å². The highest BCUT2D eigenvalue weighted by atomic mass is 32.1. The summed E-state index contributed by atoms with van der Waals surface area (Å²) in [7, 11) is 0. The molecule has 0 atom stereocenters. The maximum Gasteiger partial charge on any atom is 0.0941 e. The lowest BCUT2D eigenvalue weighted by atomic mass is 9.93. The van der Waals surface area contributed by atoms with Crippen molar-refractivity contribution in [3.63, 3.8) is 0 Å². The van der Waals surface area contributed by atoms with Crippen LogP contribution in [0.5, 0.6) is 0 Å². The SMILES string of the molecule is CC(C)(C)c1csc(CCNCCOCCO)n1. The Morgan fingerprint density at radius 3 is 2.72 bits per heavy atom. The van der Waals surface area contributed by atoms with Gasteiger partial charge in [-0.3, -0.25) is 0 Å². The van der Waals surface area contributed by atoms with Crippen molar-refractivity contribution in [2.45, 2.75) is 32.6 Å². The van der Waals surface area contributed by atoms with Crippen molar-refractivity contribution in [1.29, 1.82) is 0 Å². The molecular formula is C13H24N2O2S. The third-order valence-corrected chi connectivity index (χ3v) is 3.40. The molecular weight excluding hydrogens is 248 g/mol. The second-order valence-electron chi connectivity index (χ2n) is 5.21. The van der Waals surface area contributed by atoms with E-state index >= 15 is 0 Å². The highest BCUT2D eigenvalue weighted by Gasteiger charge is 2.16. The minimum Gasteiger partial charge on any atom is -0.394 e. The van der Waals surface area contributed by atoms with Crippen LogP contribution >= 0.6 is 11.3 Å². The molecule has 5 heteroatoms. The topological polar surface area (TPSA) is 54.4 Å². The molecule has 18 heavy (non-hydrogen) atoms. The van der Waals surface area contributed by atoms with Gasteiger partial charge in [-0.1, -0.05) is 20.8 Å². The molecule has 0 bridgehead atoms. The van der Waals surface area contributed by atoms with Gasteiger partial charge in [0.15, 0.2) is 0 Å². The molecule has 0 aliphatic rings. The number of nitrogens with one attached hydrogen (secondary N) is 1. The summed E-state index contributed by atoms with van der Waals surface area (Å²) in [4.78, 5) is 4.64. The zero-order valence-electron chi connectivity index (χ0n) is 11.5. The second-order valence-corrected chi connectivity index (χ2v) is 6.16. The number of nitrogens with zero attached hydrogens (tertiary/aromatic N) is 1.